The van der Waals surface area contributed by atoms with Crippen LogP contribution in [0.4, 0.5) is 0 Å². The highest BCUT2D eigenvalue weighted by atomic mass is 79.9. The fourth-order valence-corrected chi connectivity index (χ4v) is 2.73. The summed E-state index contributed by atoms with van der Waals surface area (Å²) in [5.74, 6) is 0. The minimum atomic E-state index is 0.392. The predicted octanol–water partition coefficient (Wildman–Crippen LogP) is 2.58. The molecule has 0 unspecified atom stereocenters. The molecule has 0 saturated carbocycles. The van der Waals surface area contributed by atoms with Gasteiger partial charge in [0.2, 0.25) is 0 Å². The second-order valence-electron chi connectivity index (χ2n) is 3.82. The fourth-order valence-electron chi connectivity index (χ4n) is 2.17. The van der Waals surface area contributed by atoms with E-state index >= 15 is 0 Å². The maximum Gasteiger partial charge on any atom is 0.125 e. The van der Waals surface area contributed by atoms with Crippen LogP contribution < -0.4 is 5.73 Å². The molecule has 2 N–H and O–H groups in total. The Balaban J connectivity index is 3.01. The lowest BCUT2D eigenvalue weighted by molar-refractivity contribution is 0.924. The second-order valence-corrected chi connectivity index (χ2v) is 4.73. The Kier molecular flexibility index (Phi) is 2.75. The van der Waals surface area contributed by atoms with Crippen molar-refractivity contribution in [1.82, 2.24) is 4.57 Å². The molecule has 0 aliphatic rings. The van der Waals surface area contributed by atoms with E-state index in [0.717, 1.165) is 26.5 Å². The molecule has 16 heavy (non-hydrogen) atoms. The van der Waals surface area contributed by atoms with Gasteiger partial charge in [0.15, 0.2) is 0 Å². The van der Waals surface area contributed by atoms with E-state index in [9.17, 15) is 0 Å². The molecule has 0 fully saturated rings. The Hall–Kier alpha value is -1.31. The van der Waals surface area contributed by atoms with Crippen molar-refractivity contribution < 1.29 is 0 Å². The van der Waals surface area contributed by atoms with Crippen LogP contribution in [0.1, 0.15) is 16.8 Å². The molecular formula is C12H12BrN3. The monoisotopic (exact) mass is 277 g/mol. The third-order valence-electron chi connectivity index (χ3n) is 2.87. The van der Waals surface area contributed by atoms with Gasteiger partial charge in [-0.2, -0.15) is 5.26 Å². The number of hydrogen-bond donors (Lipinski definition) is 1. The maximum absolute atomic E-state index is 9.15. The molecular weight excluding hydrogens is 266 g/mol. The topological polar surface area (TPSA) is 54.7 Å². The van der Waals surface area contributed by atoms with Gasteiger partial charge in [0.05, 0.1) is 5.52 Å². The van der Waals surface area contributed by atoms with Gasteiger partial charge in [-0.1, -0.05) is 15.9 Å². The number of rotatable bonds is 1. The number of aromatic nitrogens is 1. The van der Waals surface area contributed by atoms with Gasteiger partial charge >= 0.3 is 0 Å². The molecule has 0 atom stereocenters. The first-order valence-corrected chi connectivity index (χ1v) is 5.77. The summed E-state index contributed by atoms with van der Waals surface area (Å²) in [7, 11) is 1.89. The van der Waals surface area contributed by atoms with E-state index in [1.807, 2.05) is 30.7 Å². The van der Waals surface area contributed by atoms with E-state index < -0.39 is 0 Å². The Morgan fingerprint density at radius 3 is 2.75 bits per heavy atom. The molecule has 2 aromatic rings. The minimum Gasteiger partial charge on any atom is -0.335 e. The second kappa shape index (κ2) is 3.93. The molecule has 0 bridgehead atoms. The number of hydrogen-bond acceptors (Lipinski definition) is 2. The summed E-state index contributed by atoms with van der Waals surface area (Å²) in [4.78, 5) is 0. The van der Waals surface area contributed by atoms with E-state index in [4.69, 9.17) is 11.0 Å². The first kappa shape index (κ1) is 11.2. The number of aryl methyl sites for hydroxylation is 2. The normalized spacial score (nSPS) is 10.7. The lowest BCUT2D eigenvalue weighted by atomic mass is 10.1. The SMILES string of the molecule is Cc1cc(Br)cc2c1c(CN)c(C#N)n2C. The number of halogens is 1. The summed E-state index contributed by atoms with van der Waals surface area (Å²) in [6.07, 6.45) is 0. The van der Waals surface area contributed by atoms with Gasteiger partial charge in [0.1, 0.15) is 11.8 Å². The highest BCUT2D eigenvalue weighted by Crippen LogP contribution is 2.30. The third kappa shape index (κ3) is 1.44. The van der Waals surface area contributed by atoms with Crippen LogP contribution in [0.2, 0.25) is 0 Å². The molecule has 4 heteroatoms. The summed E-state index contributed by atoms with van der Waals surface area (Å²) in [5, 5.41) is 10.3. The molecule has 0 radical (unpaired) electrons. The average Bonchev–Trinajstić information content (AvgIpc) is 2.51. The van der Waals surface area contributed by atoms with Crippen LogP contribution >= 0.6 is 15.9 Å². The van der Waals surface area contributed by atoms with Crippen LogP contribution in [0.3, 0.4) is 0 Å². The number of fused-ring (bicyclic) bond motifs is 1. The van der Waals surface area contributed by atoms with Crippen LogP contribution in [0, 0.1) is 18.3 Å². The van der Waals surface area contributed by atoms with Crippen LogP contribution in [0.25, 0.3) is 10.9 Å². The third-order valence-corrected chi connectivity index (χ3v) is 3.33. The molecule has 0 spiro atoms. The summed E-state index contributed by atoms with van der Waals surface area (Å²) in [5.41, 5.74) is 9.51. The van der Waals surface area contributed by atoms with Crippen molar-refractivity contribution in [2.75, 3.05) is 0 Å². The van der Waals surface area contributed by atoms with Crippen molar-refractivity contribution in [3.8, 4) is 6.07 Å². The first-order chi connectivity index (χ1) is 7.60. The fraction of sp³-hybridized carbons (Fsp3) is 0.250. The zero-order valence-corrected chi connectivity index (χ0v) is 10.8. The Morgan fingerprint density at radius 2 is 2.19 bits per heavy atom. The van der Waals surface area contributed by atoms with E-state index in [2.05, 4.69) is 22.0 Å². The first-order valence-electron chi connectivity index (χ1n) is 4.97. The van der Waals surface area contributed by atoms with Crippen LogP contribution in [-0.4, -0.2) is 4.57 Å². The quantitative estimate of drug-likeness (QED) is 0.871. The number of nitriles is 1. The van der Waals surface area contributed by atoms with E-state index in [0.29, 0.717) is 12.2 Å². The van der Waals surface area contributed by atoms with Gasteiger partial charge in [-0.25, -0.2) is 0 Å². The molecule has 3 nitrogen and oxygen atoms in total. The zero-order chi connectivity index (χ0) is 11.9. The molecule has 2 rings (SSSR count). The molecule has 0 amide bonds. The predicted molar refractivity (Wildman–Crippen MR) is 68.0 cm³/mol. The molecule has 0 aliphatic carbocycles. The van der Waals surface area contributed by atoms with Crippen molar-refractivity contribution in [2.24, 2.45) is 12.8 Å². The number of nitrogens with zero attached hydrogens (tertiary/aromatic N) is 2. The van der Waals surface area contributed by atoms with E-state index in [1.54, 1.807) is 0 Å². The molecule has 82 valence electrons. The summed E-state index contributed by atoms with van der Waals surface area (Å²) in [6, 6.07) is 6.28. The Bertz CT molecular complexity index is 605. The van der Waals surface area contributed by atoms with Crippen LogP contribution in [0.5, 0.6) is 0 Å². The highest BCUT2D eigenvalue weighted by Gasteiger charge is 2.15. The smallest absolute Gasteiger partial charge is 0.125 e. The summed E-state index contributed by atoms with van der Waals surface area (Å²) in [6.45, 7) is 2.43. The lowest BCUT2D eigenvalue weighted by Gasteiger charge is -2.01. The van der Waals surface area contributed by atoms with E-state index in [-0.39, 0.29) is 0 Å². The van der Waals surface area contributed by atoms with Gasteiger partial charge in [-0.15, -0.1) is 0 Å². The summed E-state index contributed by atoms with van der Waals surface area (Å²) >= 11 is 3.47. The molecule has 0 aliphatic heterocycles. The van der Waals surface area contributed by atoms with E-state index in [1.165, 1.54) is 0 Å². The summed E-state index contributed by atoms with van der Waals surface area (Å²) < 4.78 is 2.92. The molecule has 0 saturated heterocycles. The zero-order valence-electron chi connectivity index (χ0n) is 9.21. The molecule has 1 aromatic carbocycles. The Labute approximate surface area is 103 Å². The van der Waals surface area contributed by atoms with Gasteiger partial charge in [0, 0.05) is 29.0 Å². The van der Waals surface area contributed by atoms with Gasteiger partial charge in [0.25, 0.3) is 0 Å². The standard InChI is InChI=1S/C12H12BrN3/c1-7-3-8(13)4-10-12(7)9(5-14)11(6-15)16(10)2/h3-4H,5,14H2,1-2H3. The Morgan fingerprint density at radius 1 is 1.50 bits per heavy atom. The van der Waals surface area contributed by atoms with Crippen molar-refractivity contribution >= 4 is 26.8 Å². The molecule has 1 heterocycles. The lowest BCUT2D eigenvalue weighted by Crippen LogP contribution is -2.00. The largest absolute Gasteiger partial charge is 0.335 e. The molecule has 1 aromatic heterocycles. The average molecular weight is 278 g/mol. The number of nitrogens with two attached hydrogens (primary N) is 1. The van der Waals surface area contributed by atoms with Crippen molar-refractivity contribution in [1.29, 1.82) is 5.26 Å². The van der Waals surface area contributed by atoms with Gasteiger partial charge in [-0.05, 0) is 24.6 Å². The minimum absolute atomic E-state index is 0.392. The highest BCUT2D eigenvalue weighted by molar-refractivity contribution is 9.10. The van der Waals surface area contributed by atoms with Crippen molar-refractivity contribution in [3.05, 3.63) is 33.4 Å². The number of benzene rings is 1. The van der Waals surface area contributed by atoms with Gasteiger partial charge < -0.3 is 10.3 Å². The van der Waals surface area contributed by atoms with Crippen LogP contribution in [0.15, 0.2) is 16.6 Å². The van der Waals surface area contributed by atoms with Crippen molar-refractivity contribution in [3.63, 3.8) is 0 Å². The van der Waals surface area contributed by atoms with Crippen molar-refractivity contribution in [2.45, 2.75) is 13.5 Å². The maximum atomic E-state index is 9.15. The van der Waals surface area contributed by atoms with Gasteiger partial charge in [-0.3, -0.25) is 0 Å². The van der Waals surface area contributed by atoms with Crippen LogP contribution in [-0.2, 0) is 13.6 Å².